The van der Waals surface area contributed by atoms with Gasteiger partial charge in [-0.05, 0) is 37.0 Å². The van der Waals surface area contributed by atoms with Gasteiger partial charge in [0.15, 0.2) is 5.76 Å². The van der Waals surface area contributed by atoms with E-state index in [2.05, 4.69) is 6.92 Å². The van der Waals surface area contributed by atoms with Crippen molar-refractivity contribution in [3.8, 4) is 11.3 Å². The summed E-state index contributed by atoms with van der Waals surface area (Å²) in [5, 5.41) is 9.14. The van der Waals surface area contributed by atoms with Crippen molar-refractivity contribution in [3.05, 3.63) is 47.7 Å². The van der Waals surface area contributed by atoms with E-state index in [9.17, 15) is 9.59 Å². The van der Waals surface area contributed by atoms with Gasteiger partial charge < -0.3 is 14.4 Å². The van der Waals surface area contributed by atoms with Crippen LogP contribution in [0.25, 0.3) is 11.3 Å². The van der Waals surface area contributed by atoms with Crippen molar-refractivity contribution in [1.29, 1.82) is 0 Å². The third-order valence-electron chi connectivity index (χ3n) is 4.52. The summed E-state index contributed by atoms with van der Waals surface area (Å²) < 4.78 is 5.72. The van der Waals surface area contributed by atoms with Crippen LogP contribution in [0.5, 0.6) is 0 Å². The van der Waals surface area contributed by atoms with E-state index in [-0.39, 0.29) is 18.2 Å². The Labute approximate surface area is 140 Å². The van der Waals surface area contributed by atoms with Crippen molar-refractivity contribution >= 4 is 11.9 Å². The van der Waals surface area contributed by atoms with Gasteiger partial charge in [-0.25, -0.2) is 0 Å². The van der Waals surface area contributed by atoms with Crippen LogP contribution in [0.15, 0.2) is 40.8 Å². The maximum Gasteiger partial charge on any atom is 0.308 e. The predicted molar refractivity (Wildman–Crippen MR) is 89.8 cm³/mol. The Hall–Kier alpha value is -2.56. The molecule has 0 bridgehead atoms. The molecule has 5 heteroatoms. The largest absolute Gasteiger partial charge is 0.481 e. The highest BCUT2D eigenvalue weighted by atomic mass is 16.4. The molecule has 1 aromatic heterocycles. The summed E-state index contributed by atoms with van der Waals surface area (Å²) in [4.78, 5) is 25.3. The summed E-state index contributed by atoms with van der Waals surface area (Å²) >= 11 is 0. The maximum absolute atomic E-state index is 12.6. The molecule has 3 rings (SSSR count). The Kier molecular flexibility index (Phi) is 4.69. The summed E-state index contributed by atoms with van der Waals surface area (Å²) in [5.74, 6) is -0.664. The highest BCUT2D eigenvalue weighted by molar-refractivity contribution is 5.92. The molecule has 0 aliphatic carbocycles. The summed E-state index contributed by atoms with van der Waals surface area (Å²) in [6, 6.07) is 11.5. The highest BCUT2D eigenvalue weighted by Gasteiger charge is 2.29. The number of aliphatic carboxylic acids is 1. The zero-order valence-electron chi connectivity index (χ0n) is 13.7. The van der Waals surface area contributed by atoms with Crippen LogP contribution in [0.1, 0.15) is 35.9 Å². The van der Waals surface area contributed by atoms with E-state index in [0.29, 0.717) is 25.1 Å². The van der Waals surface area contributed by atoms with Crippen LogP contribution in [0, 0.1) is 5.92 Å². The molecule has 0 radical (unpaired) electrons. The van der Waals surface area contributed by atoms with Gasteiger partial charge in [0.1, 0.15) is 5.76 Å². The summed E-state index contributed by atoms with van der Waals surface area (Å²) in [6.07, 6.45) is 2.29. The number of furan rings is 1. The fourth-order valence-corrected chi connectivity index (χ4v) is 3.03. The molecule has 5 nitrogen and oxygen atoms in total. The molecule has 1 atom stereocenters. The fraction of sp³-hybridized carbons (Fsp3) is 0.368. The van der Waals surface area contributed by atoms with Gasteiger partial charge in [-0.1, -0.05) is 31.2 Å². The van der Waals surface area contributed by atoms with Gasteiger partial charge in [0, 0.05) is 18.7 Å². The lowest BCUT2D eigenvalue weighted by Gasteiger charge is -2.29. The number of piperidine rings is 1. The number of likely N-dealkylation sites (tertiary alicyclic amines) is 1. The Morgan fingerprint density at radius 2 is 1.96 bits per heavy atom. The predicted octanol–water partition coefficient (Wildman–Crippen LogP) is 3.45. The van der Waals surface area contributed by atoms with Crippen LogP contribution in [-0.4, -0.2) is 35.0 Å². The molecule has 0 spiro atoms. The normalized spacial score (nSPS) is 17.7. The molecule has 2 heterocycles. The first-order valence-electron chi connectivity index (χ1n) is 8.29. The molecule has 1 saturated heterocycles. The van der Waals surface area contributed by atoms with Gasteiger partial charge in [0.2, 0.25) is 0 Å². The fourth-order valence-electron chi connectivity index (χ4n) is 3.03. The molecular weight excluding hydrogens is 306 g/mol. The molecule has 1 aliphatic rings. The van der Waals surface area contributed by atoms with Crippen LogP contribution in [0.2, 0.25) is 0 Å². The standard InChI is InChI=1S/C19H21NO4/c1-2-13-5-7-14(8-6-13)16-9-10-17(24-16)18(21)20-11-3-4-15(12-20)19(22)23/h5-10,15H,2-4,11-12H2,1H3,(H,22,23)/t15-/m0/s1. The number of carbonyl (C=O) groups is 2. The van der Waals surface area contributed by atoms with Gasteiger partial charge in [-0.3, -0.25) is 9.59 Å². The molecule has 1 aliphatic heterocycles. The lowest BCUT2D eigenvalue weighted by atomic mass is 9.98. The minimum Gasteiger partial charge on any atom is -0.481 e. The average molecular weight is 327 g/mol. The minimum absolute atomic E-state index is 0.239. The smallest absolute Gasteiger partial charge is 0.308 e. The Morgan fingerprint density at radius 1 is 1.21 bits per heavy atom. The van der Waals surface area contributed by atoms with E-state index in [1.165, 1.54) is 5.56 Å². The number of carboxylic acid groups (broad SMARTS) is 1. The molecular formula is C19H21NO4. The molecule has 1 aromatic carbocycles. The number of nitrogens with zero attached hydrogens (tertiary/aromatic N) is 1. The minimum atomic E-state index is -0.844. The SMILES string of the molecule is CCc1ccc(-c2ccc(C(=O)N3CCC[C@H](C(=O)O)C3)o2)cc1. The molecule has 24 heavy (non-hydrogen) atoms. The zero-order valence-corrected chi connectivity index (χ0v) is 13.7. The number of carbonyl (C=O) groups excluding carboxylic acids is 1. The number of aryl methyl sites for hydroxylation is 1. The number of carboxylic acids is 1. The first kappa shape index (κ1) is 16.3. The average Bonchev–Trinajstić information content (AvgIpc) is 3.11. The quantitative estimate of drug-likeness (QED) is 0.934. The molecule has 126 valence electrons. The van der Waals surface area contributed by atoms with Gasteiger partial charge in [0.05, 0.1) is 5.92 Å². The van der Waals surface area contributed by atoms with Gasteiger partial charge in [0.25, 0.3) is 5.91 Å². The Bertz CT molecular complexity index is 732. The van der Waals surface area contributed by atoms with Crippen LogP contribution >= 0.6 is 0 Å². The molecule has 2 aromatic rings. The lowest BCUT2D eigenvalue weighted by molar-refractivity contribution is -0.143. The molecule has 1 fully saturated rings. The van der Waals surface area contributed by atoms with Gasteiger partial charge in [-0.15, -0.1) is 0 Å². The van der Waals surface area contributed by atoms with E-state index in [0.717, 1.165) is 12.0 Å². The molecule has 0 unspecified atom stereocenters. The maximum atomic E-state index is 12.6. The summed E-state index contributed by atoms with van der Waals surface area (Å²) in [7, 11) is 0. The van der Waals surface area contributed by atoms with Crippen LogP contribution in [0.4, 0.5) is 0 Å². The first-order chi connectivity index (χ1) is 11.6. The number of hydrogen-bond donors (Lipinski definition) is 1. The van der Waals surface area contributed by atoms with E-state index >= 15 is 0 Å². The van der Waals surface area contributed by atoms with Crippen molar-refractivity contribution in [1.82, 2.24) is 4.90 Å². The second kappa shape index (κ2) is 6.91. The van der Waals surface area contributed by atoms with Crippen molar-refractivity contribution in [2.24, 2.45) is 5.92 Å². The Morgan fingerprint density at radius 3 is 2.62 bits per heavy atom. The van der Waals surface area contributed by atoms with Crippen molar-refractivity contribution in [2.45, 2.75) is 26.2 Å². The first-order valence-corrected chi connectivity index (χ1v) is 8.29. The van der Waals surface area contributed by atoms with Crippen LogP contribution in [-0.2, 0) is 11.2 Å². The number of amides is 1. The van der Waals surface area contributed by atoms with Crippen molar-refractivity contribution in [2.75, 3.05) is 13.1 Å². The van der Waals surface area contributed by atoms with Crippen LogP contribution in [0.3, 0.4) is 0 Å². The van der Waals surface area contributed by atoms with E-state index < -0.39 is 11.9 Å². The lowest BCUT2D eigenvalue weighted by Crippen LogP contribution is -2.42. The van der Waals surface area contributed by atoms with E-state index in [4.69, 9.17) is 9.52 Å². The monoisotopic (exact) mass is 327 g/mol. The topological polar surface area (TPSA) is 70.8 Å². The second-order valence-electron chi connectivity index (χ2n) is 6.14. The highest BCUT2D eigenvalue weighted by Crippen LogP contribution is 2.25. The van der Waals surface area contributed by atoms with Crippen molar-refractivity contribution < 1.29 is 19.1 Å². The zero-order chi connectivity index (χ0) is 17.1. The molecule has 1 amide bonds. The van der Waals surface area contributed by atoms with Gasteiger partial charge in [-0.2, -0.15) is 0 Å². The van der Waals surface area contributed by atoms with Gasteiger partial charge >= 0.3 is 5.97 Å². The summed E-state index contributed by atoms with van der Waals surface area (Å²) in [6.45, 7) is 2.92. The van der Waals surface area contributed by atoms with Crippen LogP contribution < -0.4 is 0 Å². The second-order valence-corrected chi connectivity index (χ2v) is 6.14. The third-order valence-corrected chi connectivity index (χ3v) is 4.52. The third kappa shape index (κ3) is 3.35. The summed E-state index contributed by atoms with van der Waals surface area (Å²) in [5.41, 5.74) is 2.17. The van der Waals surface area contributed by atoms with E-state index in [1.807, 2.05) is 24.3 Å². The Balaban J connectivity index is 1.74. The molecule has 0 saturated carbocycles. The number of rotatable bonds is 4. The van der Waals surface area contributed by atoms with E-state index in [1.54, 1.807) is 17.0 Å². The number of hydrogen-bond acceptors (Lipinski definition) is 3. The van der Waals surface area contributed by atoms with Crippen molar-refractivity contribution in [3.63, 3.8) is 0 Å². The molecule has 1 N–H and O–H groups in total. The number of benzene rings is 1.